The van der Waals surface area contributed by atoms with Gasteiger partial charge >= 0.3 is 5.97 Å². The standard InChI is InChI=1S/C27H20BrN3O5/c1-34-24-13-17(12-23(28)25(24)36-16-20-6-4-3-5-19(20)14-29)11-21(15-30)26(32)31-22-9-7-18(8-10-22)27(33)35-2/h3-13H,16H2,1-2H3,(H,31,32)/b21-11+. The zero-order valence-electron chi connectivity index (χ0n) is 19.4. The second kappa shape index (κ2) is 12.2. The molecule has 0 spiro atoms. The molecule has 3 aromatic carbocycles. The summed E-state index contributed by atoms with van der Waals surface area (Å²) in [6.45, 7) is 0.147. The van der Waals surface area contributed by atoms with Crippen LogP contribution in [-0.4, -0.2) is 26.1 Å². The molecule has 0 radical (unpaired) electrons. The average Bonchev–Trinajstić information content (AvgIpc) is 2.90. The van der Waals surface area contributed by atoms with Gasteiger partial charge in [0.15, 0.2) is 11.5 Å². The molecule has 1 amide bonds. The average molecular weight is 546 g/mol. The molecule has 0 bridgehead atoms. The lowest BCUT2D eigenvalue weighted by atomic mass is 10.1. The van der Waals surface area contributed by atoms with Crippen molar-refractivity contribution in [1.29, 1.82) is 10.5 Å². The molecule has 0 fully saturated rings. The van der Waals surface area contributed by atoms with E-state index >= 15 is 0 Å². The van der Waals surface area contributed by atoms with E-state index in [0.717, 1.165) is 5.56 Å². The fourth-order valence-corrected chi connectivity index (χ4v) is 3.76. The van der Waals surface area contributed by atoms with Crippen LogP contribution < -0.4 is 14.8 Å². The number of esters is 1. The zero-order chi connectivity index (χ0) is 26.1. The minimum absolute atomic E-state index is 0.141. The summed E-state index contributed by atoms with van der Waals surface area (Å²) in [6, 6.07) is 20.5. The van der Waals surface area contributed by atoms with Crippen molar-refractivity contribution in [2.45, 2.75) is 6.61 Å². The number of nitrogens with zero attached hydrogens (tertiary/aromatic N) is 2. The number of anilines is 1. The lowest BCUT2D eigenvalue weighted by Crippen LogP contribution is -2.13. The molecule has 0 saturated heterocycles. The van der Waals surface area contributed by atoms with Gasteiger partial charge in [-0.15, -0.1) is 0 Å². The Bertz CT molecular complexity index is 1400. The summed E-state index contributed by atoms with van der Waals surface area (Å²) in [4.78, 5) is 24.2. The van der Waals surface area contributed by atoms with Crippen molar-refractivity contribution in [3.63, 3.8) is 0 Å². The number of nitriles is 2. The number of carbonyl (C=O) groups excluding carboxylic acids is 2. The van der Waals surface area contributed by atoms with Gasteiger partial charge < -0.3 is 19.5 Å². The highest BCUT2D eigenvalue weighted by Crippen LogP contribution is 2.38. The number of methoxy groups -OCH3 is 2. The van der Waals surface area contributed by atoms with E-state index in [9.17, 15) is 20.1 Å². The maximum absolute atomic E-state index is 12.7. The number of carbonyl (C=O) groups is 2. The highest BCUT2D eigenvalue weighted by molar-refractivity contribution is 9.10. The first kappa shape index (κ1) is 26.0. The first-order chi connectivity index (χ1) is 17.4. The van der Waals surface area contributed by atoms with Crippen molar-refractivity contribution in [3.05, 3.63) is 93.0 Å². The van der Waals surface area contributed by atoms with Crippen LogP contribution >= 0.6 is 15.9 Å². The summed E-state index contributed by atoms with van der Waals surface area (Å²) in [5.74, 6) is -0.323. The molecular formula is C27H20BrN3O5. The number of rotatable bonds is 8. The Morgan fingerprint density at radius 2 is 1.78 bits per heavy atom. The largest absolute Gasteiger partial charge is 0.493 e. The summed E-state index contributed by atoms with van der Waals surface area (Å²) >= 11 is 3.45. The van der Waals surface area contributed by atoms with Crippen LogP contribution in [0.15, 0.2) is 70.7 Å². The lowest BCUT2D eigenvalue weighted by molar-refractivity contribution is -0.112. The minimum Gasteiger partial charge on any atom is -0.493 e. The molecule has 0 aromatic heterocycles. The number of ether oxygens (including phenoxy) is 3. The third kappa shape index (κ3) is 6.29. The second-order valence-corrected chi connectivity index (χ2v) is 8.14. The Labute approximate surface area is 216 Å². The number of halogens is 1. The van der Waals surface area contributed by atoms with Crippen LogP contribution in [-0.2, 0) is 16.1 Å². The Kier molecular flexibility index (Phi) is 8.82. The van der Waals surface area contributed by atoms with Gasteiger partial charge in [-0.25, -0.2) is 4.79 Å². The lowest BCUT2D eigenvalue weighted by Gasteiger charge is -2.14. The Hall–Kier alpha value is -4.60. The van der Waals surface area contributed by atoms with Crippen LogP contribution in [0.25, 0.3) is 6.08 Å². The predicted molar refractivity (Wildman–Crippen MR) is 136 cm³/mol. The highest BCUT2D eigenvalue weighted by atomic mass is 79.9. The van der Waals surface area contributed by atoms with Gasteiger partial charge in [0.05, 0.1) is 35.9 Å². The third-order valence-electron chi connectivity index (χ3n) is 5.00. The number of hydrogen-bond donors (Lipinski definition) is 1. The molecular weight excluding hydrogens is 526 g/mol. The van der Waals surface area contributed by atoms with E-state index in [1.54, 1.807) is 30.3 Å². The normalized spacial score (nSPS) is 10.5. The first-order valence-corrected chi connectivity index (χ1v) is 11.3. The Morgan fingerprint density at radius 1 is 1.06 bits per heavy atom. The van der Waals surface area contributed by atoms with Crippen molar-refractivity contribution in [2.24, 2.45) is 0 Å². The van der Waals surface area contributed by atoms with Crippen LogP contribution in [0.3, 0.4) is 0 Å². The molecule has 0 atom stereocenters. The molecule has 3 aromatic rings. The molecule has 0 aliphatic carbocycles. The number of benzene rings is 3. The smallest absolute Gasteiger partial charge is 0.337 e. The molecule has 8 nitrogen and oxygen atoms in total. The summed E-state index contributed by atoms with van der Waals surface area (Å²) < 4.78 is 16.6. The van der Waals surface area contributed by atoms with E-state index in [2.05, 4.69) is 32.1 Å². The van der Waals surface area contributed by atoms with Gasteiger partial charge in [0.1, 0.15) is 18.2 Å². The first-order valence-electron chi connectivity index (χ1n) is 10.5. The fourth-order valence-electron chi connectivity index (χ4n) is 3.19. The minimum atomic E-state index is -0.619. The topological polar surface area (TPSA) is 121 Å². The van der Waals surface area contributed by atoms with Gasteiger partial charge in [-0.3, -0.25) is 4.79 Å². The summed E-state index contributed by atoms with van der Waals surface area (Å²) in [7, 11) is 2.75. The van der Waals surface area contributed by atoms with E-state index in [1.165, 1.54) is 44.6 Å². The van der Waals surface area contributed by atoms with Crippen LogP contribution in [0.1, 0.15) is 27.0 Å². The number of hydrogen-bond acceptors (Lipinski definition) is 7. The van der Waals surface area contributed by atoms with Gasteiger partial charge in [-0.05, 0) is 70.0 Å². The van der Waals surface area contributed by atoms with Crippen LogP contribution in [0, 0.1) is 22.7 Å². The van der Waals surface area contributed by atoms with Gasteiger partial charge in [-0.2, -0.15) is 10.5 Å². The summed E-state index contributed by atoms with van der Waals surface area (Å²) in [5.41, 5.74) is 2.36. The zero-order valence-corrected chi connectivity index (χ0v) is 21.0. The predicted octanol–water partition coefficient (Wildman–Crippen LogP) is 5.24. The van der Waals surface area contributed by atoms with Gasteiger partial charge in [0.2, 0.25) is 0 Å². The van der Waals surface area contributed by atoms with Crippen molar-refractivity contribution < 1.29 is 23.8 Å². The molecule has 180 valence electrons. The maximum Gasteiger partial charge on any atom is 0.337 e. The number of amides is 1. The van der Waals surface area contributed by atoms with Crippen molar-refractivity contribution in [3.8, 4) is 23.6 Å². The Morgan fingerprint density at radius 3 is 2.42 bits per heavy atom. The van der Waals surface area contributed by atoms with Crippen LogP contribution in [0.4, 0.5) is 5.69 Å². The molecule has 0 saturated carbocycles. The molecule has 9 heteroatoms. The van der Waals surface area contributed by atoms with E-state index in [4.69, 9.17) is 9.47 Å². The van der Waals surface area contributed by atoms with Crippen LogP contribution in [0.5, 0.6) is 11.5 Å². The monoisotopic (exact) mass is 545 g/mol. The van der Waals surface area contributed by atoms with Crippen molar-refractivity contribution in [2.75, 3.05) is 19.5 Å². The quantitative estimate of drug-likeness (QED) is 0.233. The molecule has 36 heavy (non-hydrogen) atoms. The molecule has 0 aliphatic rings. The maximum atomic E-state index is 12.7. The van der Waals surface area contributed by atoms with E-state index in [-0.39, 0.29) is 12.2 Å². The van der Waals surface area contributed by atoms with Gasteiger partial charge in [0, 0.05) is 11.3 Å². The summed E-state index contributed by atoms with van der Waals surface area (Å²) in [6.07, 6.45) is 1.42. The van der Waals surface area contributed by atoms with Gasteiger partial charge in [0.25, 0.3) is 5.91 Å². The third-order valence-corrected chi connectivity index (χ3v) is 5.59. The van der Waals surface area contributed by atoms with Crippen molar-refractivity contribution in [1.82, 2.24) is 0 Å². The highest BCUT2D eigenvalue weighted by Gasteiger charge is 2.15. The van der Waals surface area contributed by atoms with E-state index in [0.29, 0.717) is 38.3 Å². The molecule has 0 heterocycles. The number of nitrogens with one attached hydrogen (secondary N) is 1. The van der Waals surface area contributed by atoms with Crippen LogP contribution in [0.2, 0.25) is 0 Å². The van der Waals surface area contributed by atoms with E-state index < -0.39 is 11.9 Å². The SMILES string of the molecule is COC(=O)c1ccc(NC(=O)/C(C#N)=C/c2cc(Br)c(OCc3ccccc3C#N)c(OC)c2)cc1. The molecule has 3 rings (SSSR count). The fraction of sp³-hybridized carbons (Fsp3) is 0.111. The second-order valence-electron chi connectivity index (χ2n) is 7.28. The molecule has 0 aliphatic heterocycles. The molecule has 0 unspecified atom stereocenters. The van der Waals surface area contributed by atoms with Crippen molar-refractivity contribution >= 4 is 39.6 Å². The van der Waals surface area contributed by atoms with E-state index in [1.807, 2.05) is 12.1 Å². The summed E-state index contributed by atoms with van der Waals surface area (Å²) in [5, 5.41) is 21.5. The molecule has 1 N–H and O–H groups in total. The Balaban J connectivity index is 1.80. The van der Waals surface area contributed by atoms with Gasteiger partial charge in [-0.1, -0.05) is 18.2 Å².